The summed E-state index contributed by atoms with van der Waals surface area (Å²) in [4.78, 5) is 48.7. The minimum atomic E-state index is -1.15. The third kappa shape index (κ3) is 10.1. The Balaban J connectivity index is 1.75. The number of benzene rings is 1. The summed E-state index contributed by atoms with van der Waals surface area (Å²) in [5.74, 6) is -0.918. The molecule has 1 saturated heterocycles. The van der Waals surface area contributed by atoms with Gasteiger partial charge in [-0.1, -0.05) is 57.5 Å². The number of nitrogens with zero attached hydrogens (tertiary/aromatic N) is 3. The standard InChI is InChI=1S/C35H54N4O6S/c1-9-23(2)31(38(6)30(41)22-35(4,5)43)28(44-7)21-29(40)39-18-13-16-27(39)32(45-8)24(3)33(42)37-26(34-36-17-19-46-34)20-25-14-11-10-12-15-25/h10-12,14-15,17,19,23-24,26-28,31-32,43H,9,13,16,18,20-22H2,1-8H3,(H,37,42). The van der Waals surface area contributed by atoms with E-state index in [9.17, 15) is 19.5 Å². The Morgan fingerprint density at radius 1 is 1.17 bits per heavy atom. The van der Waals surface area contributed by atoms with Gasteiger partial charge in [0.25, 0.3) is 0 Å². The molecule has 256 valence electrons. The molecule has 2 N–H and O–H groups in total. The van der Waals surface area contributed by atoms with Crippen LogP contribution in [0.2, 0.25) is 0 Å². The van der Waals surface area contributed by atoms with E-state index in [0.717, 1.165) is 29.8 Å². The van der Waals surface area contributed by atoms with Gasteiger partial charge in [0.15, 0.2) is 0 Å². The zero-order valence-electron chi connectivity index (χ0n) is 28.8. The Labute approximate surface area is 278 Å². The SMILES string of the molecule is CCC(C)C(C(CC(=O)N1CCCC1C(OC)C(C)C(=O)NC(Cc1ccccc1)c1nccs1)OC)N(C)C(=O)CC(C)(C)O. The van der Waals surface area contributed by atoms with Gasteiger partial charge in [-0.2, -0.15) is 0 Å². The van der Waals surface area contributed by atoms with Crippen LogP contribution in [0.3, 0.4) is 0 Å². The van der Waals surface area contributed by atoms with Gasteiger partial charge in [0.05, 0.1) is 54.7 Å². The van der Waals surface area contributed by atoms with Crippen molar-refractivity contribution < 1.29 is 29.0 Å². The first-order chi connectivity index (χ1) is 21.8. The van der Waals surface area contributed by atoms with E-state index in [1.165, 1.54) is 11.3 Å². The molecule has 0 saturated carbocycles. The fourth-order valence-electron chi connectivity index (χ4n) is 6.58. The zero-order valence-corrected chi connectivity index (χ0v) is 29.6. The molecule has 11 heteroatoms. The molecule has 10 nitrogen and oxygen atoms in total. The highest BCUT2D eigenvalue weighted by Crippen LogP contribution is 2.30. The van der Waals surface area contributed by atoms with Crippen molar-refractivity contribution in [3.8, 4) is 0 Å². The Bertz CT molecular complexity index is 1240. The molecule has 1 aliphatic heterocycles. The number of aliphatic hydroxyl groups is 1. The first kappa shape index (κ1) is 37.6. The Morgan fingerprint density at radius 3 is 2.43 bits per heavy atom. The van der Waals surface area contributed by atoms with Crippen molar-refractivity contribution in [2.45, 2.75) is 109 Å². The van der Waals surface area contributed by atoms with Gasteiger partial charge in [-0.25, -0.2) is 4.98 Å². The number of likely N-dealkylation sites (N-methyl/N-ethyl adjacent to an activating group) is 1. The summed E-state index contributed by atoms with van der Waals surface area (Å²) < 4.78 is 11.9. The predicted molar refractivity (Wildman–Crippen MR) is 180 cm³/mol. The molecule has 3 rings (SSSR count). The van der Waals surface area contributed by atoms with Crippen molar-refractivity contribution in [2.75, 3.05) is 27.8 Å². The number of rotatable bonds is 17. The summed E-state index contributed by atoms with van der Waals surface area (Å²) in [5, 5.41) is 16.2. The van der Waals surface area contributed by atoms with Gasteiger partial charge in [0.2, 0.25) is 17.7 Å². The fraction of sp³-hybridized carbons (Fsp3) is 0.657. The number of thiazole rings is 1. The van der Waals surface area contributed by atoms with Gasteiger partial charge >= 0.3 is 0 Å². The topological polar surface area (TPSA) is 121 Å². The lowest BCUT2D eigenvalue weighted by Gasteiger charge is -2.40. The number of aromatic nitrogens is 1. The number of nitrogens with one attached hydrogen (secondary N) is 1. The van der Waals surface area contributed by atoms with E-state index >= 15 is 0 Å². The average molecular weight is 659 g/mol. The average Bonchev–Trinajstić information content (AvgIpc) is 3.73. The van der Waals surface area contributed by atoms with Crippen molar-refractivity contribution in [1.29, 1.82) is 0 Å². The molecular formula is C35H54N4O6S. The third-order valence-corrected chi connectivity index (χ3v) is 10.1. The van der Waals surface area contributed by atoms with Crippen LogP contribution < -0.4 is 5.32 Å². The van der Waals surface area contributed by atoms with Gasteiger partial charge < -0.3 is 29.7 Å². The Hall–Kier alpha value is -2.86. The van der Waals surface area contributed by atoms with Crippen LogP contribution in [0.5, 0.6) is 0 Å². The van der Waals surface area contributed by atoms with E-state index in [1.54, 1.807) is 46.2 Å². The lowest BCUT2D eigenvalue weighted by Crippen LogP contribution is -2.53. The van der Waals surface area contributed by atoms with Crippen LogP contribution in [0.15, 0.2) is 41.9 Å². The van der Waals surface area contributed by atoms with E-state index < -0.39 is 23.7 Å². The predicted octanol–water partition coefficient (Wildman–Crippen LogP) is 4.62. The number of amides is 3. The molecule has 7 unspecified atom stereocenters. The fourth-order valence-corrected chi connectivity index (χ4v) is 7.27. The number of ether oxygens (including phenoxy) is 2. The minimum Gasteiger partial charge on any atom is -0.390 e. The van der Waals surface area contributed by atoms with Crippen molar-refractivity contribution in [2.24, 2.45) is 11.8 Å². The van der Waals surface area contributed by atoms with Crippen LogP contribution in [0.25, 0.3) is 0 Å². The van der Waals surface area contributed by atoms with Crippen LogP contribution in [-0.2, 0) is 30.3 Å². The third-order valence-electron chi connectivity index (χ3n) is 9.24. The number of carbonyl (C=O) groups is 3. The molecule has 0 spiro atoms. The minimum absolute atomic E-state index is 0.0285. The molecule has 1 aliphatic rings. The Morgan fingerprint density at radius 2 is 1.87 bits per heavy atom. The van der Waals surface area contributed by atoms with Crippen LogP contribution in [0.4, 0.5) is 0 Å². The largest absolute Gasteiger partial charge is 0.390 e. The highest BCUT2D eigenvalue weighted by Gasteiger charge is 2.42. The quantitative estimate of drug-likeness (QED) is 0.254. The summed E-state index contributed by atoms with van der Waals surface area (Å²) in [6.07, 6.45) is 3.67. The molecule has 1 aromatic heterocycles. The van der Waals surface area contributed by atoms with E-state index in [2.05, 4.69) is 10.3 Å². The van der Waals surface area contributed by atoms with E-state index in [4.69, 9.17) is 9.47 Å². The molecule has 7 atom stereocenters. The second-order valence-electron chi connectivity index (χ2n) is 13.3. The maximum Gasteiger partial charge on any atom is 0.226 e. The van der Waals surface area contributed by atoms with Crippen molar-refractivity contribution in [3.63, 3.8) is 0 Å². The van der Waals surface area contributed by atoms with Crippen LogP contribution >= 0.6 is 11.3 Å². The van der Waals surface area contributed by atoms with Gasteiger partial charge in [0.1, 0.15) is 5.01 Å². The molecule has 1 aromatic carbocycles. The normalized spacial score (nSPS) is 19.2. The van der Waals surface area contributed by atoms with E-state index in [0.29, 0.717) is 13.0 Å². The molecule has 2 heterocycles. The van der Waals surface area contributed by atoms with E-state index in [-0.39, 0.29) is 54.6 Å². The smallest absolute Gasteiger partial charge is 0.226 e. The maximum absolute atomic E-state index is 14.0. The van der Waals surface area contributed by atoms with Crippen molar-refractivity contribution in [3.05, 3.63) is 52.5 Å². The molecule has 3 amide bonds. The van der Waals surface area contributed by atoms with E-state index in [1.807, 2.05) is 61.4 Å². The van der Waals surface area contributed by atoms with Crippen molar-refractivity contribution in [1.82, 2.24) is 20.1 Å². The summed E-state index contributed by atoms with van der Waals surface area (Å²) >= 11 is 1.51. The first-order valence-electron chi connectivity index (χ1n) is 16.4. The summed E-state index contributed by atoms with van der Waals surface area (Å²) in [7, 11) is 4.89. The molecular weight excluding hydrogens is 604 g/mol. The lowest BCUT2D eigenvalue weighted by molar-refractivity contribution is -0.147. The highest BCUT2D eigenvalue weighted by atomic mass is 32.1. The zero-order chi connectivity index (χ0) is 34.0. The summed E-state index contributed by atoms with van der Waals surface area (Å²) in [5.41, 5.74) is -0.0470. The monoisotopic (exact) mass is 658 g/mol. The second-order valence-corrected chi connectivity index (χ2v) is 14.2. The number of carbonyl (C=O) groups excluding carboxylic acids is 3. The highest BCUT2D eigenvalue weighted by molar-refractivity contribution is 7.09. The molecule has 0 aliphatic carbocycles. The first-order valence-corrected chi connectivity index (χ1v) is 17.3. The van der Waals surface area contributed by atoms with Crippen LogP contribution in [0.1, 0.15) is 83.3 Å². The molecule has 2 aromatic rings. The van der Waals surface area contributed by atoms with Gasteiger partial charge in [-0.15, -0.1) is 11.3 Å². The number of hydrogen-bond acceptors (Lipinski definition) is 8. The van der Waals surface area contributed by atoms with Gasteiger partial charge in [-0.05, 0) is 44.6 Å². The summed E-state index contributed by atoms with van der Waals surface area (Å²) in [6, 6.07) is 9.09. The second kappa shape index (κ2) is 17.3. The number of methoxy groups -OCH3 is 2. The van der Waals surface area contributed by atoms with Gasteiger partial charge in [0, 0.05) is 39.4 Å². The number of likely N-dealkylation sites (tertiary alicyclic amines) is 1. The molecule has 0 bridgehead atoms. The van der Waals surface area contributed by atoms with Crippen molar-refractivity contribution >= 4 is 29.1 Å². The van der Waals surface area contributed by atoms with Gasteiger partial charge in [-0.3, -0.25) is 14.4 Å². The Kier molecular flexibility index (Phi) is 14.2. The molecule has 1 fully saturated rings. The number of hydrogen-bond donors (Lipinski definition) is 2. The van der Waals surface area contributed by atoms with Crippen LogP contribution in [-0.4, -0.2) is 95.3 Å². The lowest BCUT2D eigenvalue weighted by atomic mass is 9.89. The van der Waals surface area contributed by atoms with Crippen LogP contribution in [0, 0.1) is 11.8 Å². The summed E-state index contributed by atoms with van der Waals surface area (Å²) in [6.45, 7) is 9.73. The molecule has 46 heavy (non-hydrogen) atoms. The molecule has 0 radical (unpaired) electrons. The maximum atomic E-state index is 14.0.